The second kappa shape index (κ2) is 7.55. The predicted molar refractivity (Wildman–Crippen MR) is 87.0 cm³/mol. The van der Waals surface area contributed by atoms with Gasteiger partial charge in [0.2, 0.25) is 5.91 Å². The smallest absolute Gasteiger partial charge is 0.272 e. The van der Waals surface area contributed by atoms with Gasteiger partial charge >= 0.3 is 0 Å². The minimum atomic E-state index is -0.0207. The standard InChI is InChI=1S/C17H24N4O2/c22-16(20-8-4-1-5-9-20)14-19-10-12-21(13-11-19)17(23)15-6-2-3-7-18-15/h2-3,6-7H,1,4-5,8-14H2. The van der Waals surface area contributed by atoms with E-state index in [1.807, 2.05) is 15.9 Å². The molecule has 23 heavy (non-hydrogen) atoms. The molecule has 1 aromatic heterocycles. The number of carbonyl (C=O) groups is 2. The van der Waals surface area contributed by atoms with E-state index < -0.39 is 0 Å². The molecule has 0 saturated carbocycles. The summed E-state index contributed by atoms with van der Waals surface area (Å²) < 4.78 is 0. The average molecular weight is 316 g/mol. The number of piperazine rings is 1. The van der Waals surface area contributed by atoms with E-state index in [0.29, 0.717) is 25.3 Å². The van der Waals surface area contributed by atoms with E-state index in [2.05, 4.69) is 9.88 Å². The number of nitrogens with zero attached hydrogens (tertiary/aromatic N) is 4. The van der Waals surface area contributed by atoms with Crippen molar-refractivity contribution in [1.29, 1.82) is 0 Å². The van der Waals surface area contributed by atoms with Gasteiger partial charge in [0.25, 0.3) is 5.91 Å². The topological polar surface area (TPSA) is 56.8 Å². The van der Waals surface area contributed by atoms with Crippen LogP contribution in [0, 0.1) is 0 Å². The average Bonchev–Trinajstić information content (AvgIpc) is 2.63. The summed E-state index contributed by atoms with van der Waals surface area (Å²) in [5.74, 6) is 0.210. The van der Waals surface area contributed by atoms with Crippen LogP contribution in [0.2, 0.25) is 0 Å². The Kier molecular flexibility index (Phi) is 5.23. The van der Waals surface area contributed by atoms with Gasteiger partial charge in [-0.25, -0.2) is 0 Å². The van der Waals surface area contributed by atoms with Crippen LogP contribution in [0.25, 0.3) is 0 Å². The summed E-state index contributed by atoms with van der Waals surface area (Å²) in [6, 6.07) is 5.38. The van der Waals surface area contributed by atoms with Gasteiger partial charge in [-0.3, -0.25) is 19.5 Å². The molecule has 2 amide bonds. The summed E-state index contributed by atoms with van der Waals surface area (Å²) in [6.45, 7) is 5.08. The number of piperidine rings is 1. The summed E-state index contributed by atoms with van der Waals surface area (Å²) in [6.07, 6.45) is 5.12. The van der Waals surface area contributed by atoms with E-state index in [1.165, 1.54) is 6.42 Å². The van der Waals surface area contributed by atoms with Crippen LogP contribution in [-0.4, -0.2) is 77.3 Å². The molecule has 2 saturated heterocycles. The summed E-state index contributed by atoms with van der Waals surface area (Å²) in [4.78, 5) is 34.7. The monoisotopic (exact) mass is 316 g/mol. The fourth-order valence-electron chi connectivity index (χ4n) is 3.19. The quantitative estimate of drug-likeness (QED) is 0.830. The minimum Gasteiger partial charge on any atom is -0.342 e. The van der Waals surface area contributed by atoms with Crippen molar-refractivity contribution in [2.45, 2.75) is 19.3 Å². The van der Waals surface area contributed by atoms with Crippen molar-refractivity contribution >= 4 is 11.8 Å². The molecule has 0 atom stereocenters. The lowest BCUT2D eigenvalue weighted by Gasteiger charge is -2.35. The Labute approximate surface area is 137 Å². The highest BCUT2D eigenvalue weighted by Crippen LogP contribution is 2.11. The first-order valence-corrected chi connectivity index (χ1v) is 8.44. The largest absolute Gasteiger partial charge is 0.342 e. The molecular weight excluding hydrogens is 292 g/mol. The number of hydrogen-bond donors (Lipinski definition) is 0. The Morgan fingerprint density at radius 1 is 0.913 bits per heavy atom. The van der Waals surface area contributed by atoms with Crippen LogP contribution < -0.4 is 0 Å². The maximum absolute atomic E-state index is 12.3. The molecule has 3 rings (SSSR count). The molecule has 6 heteroatoms. The molecule has 0 N–H and O–H groups in total. The van der Waals surface area contributed by atoms with E-state index in [1.54, 1.807) is 18.3 Å². The van der Waals surface area contributed by atoms with Gasteiger partial charge < -0.3 is 9.80 Å². The molecular formula is C17H24N4O2. The van der Waals surface area contributed by atoms with E-state index in [-0.39, 0.29) is 11.8 Å². The highest BCUT2D eigenvalue weighted by Gasteiger charge is 2.25. The second-order valence-electron chi connectivity index (χ2n) is 6.22. The number of rotatable bonds is 3. The zero-order valence-corrected chi connectivity index (χ0v) is 13.5. The van der Waals surface area contributed by atoms with Crippen LogP contribution in [-0.2, 0) is 4.79 Å². The van der Waals surface area contributed by atoms with Crippen LogP contribution in [0.4, 0.5) is 0 Å². The maximum Gasteiger partial charge on any atom is 0.272 e. The lowest BCUT2D eigenvalue weighted by Crippen LogP contribution is -2.52. The third kappa shape index (κ3) is 4.07. The summed E-state index contributed by atoms with van der Waals surface area (Å²) in [5, 5.41) is 0. The molecule has 124 valence electrons. The van der Waals surface area contributed by atoms with Gasteiger partial charge in [-0.1, -0.05) is 6.07 Å². The van der Waals surface area contributed by atoms with Gasteiger partial charge in [0.1, 0.15) is 5.69 Å². The molecule has 2 aliphatic rings. The zero-order chi connectivity index (χ0) is 16.1. The van der Waals surface area contributed by atoms with E-state index in [4.69, 9.17) is 0 Å². The number of carbonyl (C=O) groups excluding carboxylic acids is 2. The van der Waals surface area contributed by atoms with Gasteiger partial charge in [-0.15, -0.1) is 0 Å². The van der Waals surface area contributed by atoms with Gasteiger partial charge in [-0.2, -0.15) is 0 Å². The third-order valence-corrected chi connectivity index (χ3v) is 4.61. The SMILES string of the molecule is O=C(CN1CCN(C(=O)c2ccccn2)CC1)N1CCCCC1. The molecule has 0 unspecified atom stereocenters. The summed E-state index contributed by atoms with van der Waals surface area (Å²) in [5.41, 5.74) is 0.491. The van der Waals surface area contributed by atoms with Gasteiger partial charge in [0.15, 0.2) is 0 Å². The van der Waals surface area contributed by atoms with Crippen LogP contribution in [0.1, 0.15) is 29.8 Å². The Hall–Kier alpha value is -1.95. The van der Waals surface area contributed by atoms with Crippen molar-refractivity contribution in [2.24, 2.45) is 0 Å². The number of hydrogen-bond acceptors (Lipinski definition) is 4. The van der Waals surface area contributed by atoms with Crippen LogP contribution >= 0.6 is 0 Å². The lowest BCUT2D eigenvalue weighted by atomic mass is 10.1. The maximum atomic E-state index is 12.3. The van der Waals surface area contributed by atoms with Crippen molar-refractivity contribution in [1.82, 2.24) is 19.7 Å². The fraction of sp³-hybridized carbons (Fsp3) is 0.588. The Bertz CT molecular complexity index is 535. The first-order chi connectivity index (χ1) is 11.2. The molecule has 2 aliphatic heterocycles. The summed E-state index contributed by atoms with van der Waals surface area (Å²) >= 11 is 0. The van der Waals surface area contributed by atoms with E-state index >= 15 is 0 Å². The Morgan fingerprint density at radius 3 is 2.30 bits per heavy atom. The number of likely N-dealkylation sites (tertiary alicyclic amines) is 1. The first kappa shape index (κ1) is 15.9. The van der Waals surface area contributed by atoms with Crippen molar-refractivity contribution in [2.75, 3.05) is 45.8 Å². The molecule has 0 aromatic carbocycles. The van der Waals surface area contributed by atoms with Gasteiger partial charge in [0.05, 0.1) is 6.54 Å². The molecule has 3 heterocycles. The van der Waals surface area contributed by atoms with Crippen molar-refractivity contribution < 1.29 is 9.59 Å². The zero-order valence-electron chi connectivity index (χ0n) is 13.5. The third-order valence-electron chi connectivity index (χ3n) is 4.61. The molecule has 0 bridgehead atoms. The van der Waals surface area contributed by atoms with Crippen LogP contribution in [0.5, 0.6) is 0 Å². The lowest BCUT2D eigenvalue weighted by molar-refractivity contribution is -0.133. The highest BCUT2D eigenvalue weighted by atomic mass is 16.2. The summed E-state index contributed by atoms with van der Waals surface area (Å²) in [7, 11) is 0. The molecule has 0 aliphatic carbocycles. The molecule has 6 nitrogen and oxygen atoms in total. The second-order valence-corrected chi connectivity index (χ2v) is 6.22. The predicted octanol–water partition coefficient (Wildman–Crippen LogP) is 0.852. The van der Waals surface area contributed by atoms with Crippen LogP contribution in [0.3, 0.4) is 0 Å². The fourth-order valence-corrected chi connectivity index (χ4v) is 3.19. The number of amides is 2. The van der Waals surface area contributed by atoms with E-state index in [9.17, 15) is 9.59 Å². The molecule has 1 aromatic rings. The van der Waals surface area contributed by atoms with E-state index in [0.717, 1.165) is 39.0 Å². The number of pyridine rings is 1. The van der Waals surface area contributed by atoms with Gasteiger partial charge in [-0.05, 0) is 31.4 Å². The van der Waals surface area contributed by atoms with Crippen LogP contribution in [0.15, 0.2) is 24.4 Å². The first-order valence-electron chi connectivity index (χ1n) is 8.44. The molecule has 0 spiro atoms. The minimum absolute atomic E-state index is 0.0207. The highest BCUT2D eigenvalue weighted by molar-refractivity contribution is 5.92. The van der Waals surface area contributed by atoms with Gasteiger partial charge in [0, 0.05) is 45.5 Å². The Morgan fingerprint density at radius 2 is 1.65 bits per heavy atom. The van der Waals surface area contributed by atoms with Crippen molar-refractivity contribution in [3.05, 3.63) is 30.1 Å². The normalized spacial score (nSPS) is 19.7. The Balaban J connectivity index is 1.46. The number of aromatic nitrogens is 1. The van der Waals surface area contributed by atoms with Crippen molar-refractivity contribution in [3.8, 4) is 0 Å². The molecule has 0 radical (unpaired) electrons. The van der Waals surface area contributed by atoms with Crippen molar-refractivity contribution in [3.63, 3.8) is 0 Å². The molecule has 2 fully saturated rings.